The summed E-state index contributed by atoms with van der Waals surface area (Å²) in [6.45, 7) is 2.40. The highest BCUT2D eigenvalue weighted by Gasteiger charge is 2.17. The van der Waals surface area contributed by atoms with E-state index >= 15 is 0 Å². The van der Waals surface area contributed by atoms with E-state index in [0.717, 1.165) is 0 Å². The lowest BCUT2D eigenvalue weighted by atomic mass is 10.1. The van der Waals surface area contributed by atoms with Crippen molar-refractivity contribution in [3.05, 3.63) is 0 Å². The first kappa shape index (κ1) is 17.4. The Bertz CT molecular complexity index is 257. The Morgan fingerprint density at radius 3 is 1.61 bits per heavy atom. The lowest BCUT2D eigenvalue weighted by Crippen LogP contribution is -2.25. The van der Waals surface area contributed by atoms with Gasteiger partial charge in [-0.2, -0.15) is 0 Å². The third-order valence-electron chi connectivity index (χ3n) is 2.39. The van der Waals surface area contributed by atoms with E-state index in [0.29, 0.717) is 12.6 Å². The second kappa shape index (κ2) is 9.35. The first-order valence-corrected chi connectivity index (χ1v) is 6.71. The van der Waals surface area contributed by atoms with Crippen LogP contribution in [-0.2, 0) is 23.2 Å². The summed E-state index contributed by atoms with van der Waals surface area (Å²) < 4.78 is 20.6. The fourth-order valence-electron chi connectivity index (χ4n) is 0.833. The van der Waals surface area contributed by atoms with Gasteiger partial charge in [-0.05, 0) is 0 Å². The Balaban J connectivity index is 3.85. The summed E-state index contributed by atoms with van der Waals surface area (Å²) in [5.41, 5.74) is 0. The van der Waals surface area contributed by atoms with Crippen LogP contribution in [0.5, 0.6) is 0 Å². The molecule has 0 aliphatic rings. The van der Waals surface area contributed by atoms with Crippen LogP contribution in [0.25, 0.3) is 0 Å². The zero-order valence-corrected chi connectivity index (χ0v) is 11.3. The first-order valence-electron chi connectivity index (χ1n) is 5.48. The Kier molecular flexibility index (Phi) is 9.05. The normalized spacial score (nSPS) is 19.6. The molecule has 0 aliphatic carbocycles. The molecule has 18 heavy (non-hydrogen) atoms. The molecule has 7 nitrogen and oxygen atoms in total. The van der Waals surface area contributed by atoms with Crippen LogP contribution in [0.2, 0.25) is 0 Å². The van der Waals surface area contributed by atoms with Gasteiger partial charge in [-0.25, -0.2) is 0 Å². The molecule has 8 heteroatoms. The average Bonchev–Trinajstić information content (AvgIpc) is 2.39. The molecule has 0 aliphatic heterocycles. The van der Waals surface area contributed by atoms with Gasteiger partial charge in [0.15, 0.2) is 0 Å². The summed E-state index contributed by atoms with van der Waals surface area (Å²) in [5, 5.41) is 18.7. The Hall–Kier alpha value is -0.590. The number of hydrogen-bond acceptors (Lipinski definition) is 7. The van der Waals surface area contributed by atoms with Crippen molar-refractivity contribution >= 4 is 20.8 Å². The molecule has 4 unspecified atom stereocenters. The summed E-state index contributed by atoms with van der Waals surface area (Å²) in [6, 6.07) is 0. The van der Waals surface area contributed by atoms with Gasteiger partial charge in [-0.3, -0.25) is 4.57 Å². The van der Waals surface area contributed by atoms with Crippen LogP contribution in [0.4, 0.5) is 0 Å². The van der Waals surface area contributed by atoms with Crippen LogP contribution >= 0.6 is 8.25 Å². The molecule has 0 fully saturated rings. The fraction of sp³-hybridized carbons (Fsp3) is 0.800. The van der Waals surface area contributed by atoms with Gasteiger partial charge in [0.1, 0.15) is 12.6 Å². The molecule has 0 heterocycles. The van der Waals surface area contributed by atoms with Crippen molar-refractivity contribution < 1.29 is 33.4 Å². The number of hydrogen-bond donors (Lipinski definition) is 2. The summed E-state index contributed by atoms with van der Waals surface area (Å²) in [7, 11) is -2.86. The van der Waals surface area contributed by atoms with Crippen LogP contribution < -0.4 is 0 Å². The average molecular weight is 282 g/mol. The lowest BCUT2D eigenvalue weighted by molar-refractivity contribution is -0.114. The topological polar surface area (TPSA) is 110 Å². The zero-order valence-electron chi connectivity index (χ0n) is 10.3. The molecule has 0 saturated carbocycles. The number of aliphatic hydroxyl groups excluding tert-OH is 2. The molecule has 0 aromatic heterocycles. The highest BCUT2D eigenvalue weighted by atomic mass is 31.1. The van der Waals surface area contributed by atoms with Crippen molar-refractivity contribution in [2.45, 2.75) is 26.1 Å². The van der Waals surface area contributed by atoms with Crippen LogP contribution in [-0.4, -0.2) is 48.2 Å². The second-order valence-electron chi connectivity index (χ2n) is 4.00. The summed E-state index contributed by atoms with van der Waals surface area (Å²) in [5.74, 6) is -1.25. The van der Waals surface area contributed by atoms with E-state index in [1.807, 2.05) is 0 Å². The van der Waals surface area contributed by atoms with Gasteiger partial charge in [0.05, 0.1) is 25.4 Å². The van der Waals surface area contributed by atoms with Crippen LogP contribution in [0.3, 0.4) is 0 Å². The maximum atomic E-state index is 11.2. The van der Waals surface area contributed by atoms with Gasteiger partial charge < -0.3 is 28.8 Å². The minimum atomic E-state index is -2.86. The van der Waals surface area contributed by atoms with Crippen molar-refractivity contribution in [1.29, 1.82) is 0 Å². The van der Waals surface area contributed by atoms with Gasteiger partial charge >= 0.3 is 8.25 Å². The van der Waals surface area contributed by atoms with E-state index in [2.05, 4.69) is 0 Å². The van der Waals surface area contributed by atoms with Crippen LogP contribution in [0, 0.1) is 11.8 Å². The zero-order chi connectivity index (χ0) is 14.1. The molecule has 0 rings (SSSR count). The van der Waals surface area contributed by atoms with Crippen molar-refractivity contribution in [3.63, 3.8) is 0 Å². The maximum absolute atomic E-state index is 11.2. The number of carbonyl (C=O) groups excluding carboxylic acids is 2. The predicted molar refractivity (Wildman–Crippen MR) is 63.4 cm³/mol. The van der Waals surface area contributed by atoms with E-state index in [1.54, 1.807) is 0 Å². The summed E-state index contributed by atoms with van der Waals surface area (Å²) in [4.78, 5) is 20.7. The third kappa shape index (κ3) is 6.98. The molecule has 0 spiro atoms. The SMILES string of the molecule is CC(C=O)C(O)CO[PH](=O)OCC(O)C(C)C=O. The molecule has 106 valence electrons. The molecule has 0 aromatic carbocycles. The van der Waals surface area contributed by atoms with Gasteiger partial charge in [0.2, 0.25) is 0 Å². The Labute approximate surface area is 106 Å². The molecule has 4 atom stereocenters. The molecule has 0 bridgehead atoms. The van der Waals surface area contributed by atoms with Crippen molar-refractivity contribution in [2.24, 2.45) is 11.8 Å². The van der Waals surface area contributed by atoms with Crippen molar-refractivity contribution in [2.75, 3.05) is 13.2 Å². The van der Waals surface area contributed by atoms with Gasteiger partial charge in [-0.1, -0.05) is 13.8 Å². The van der Waals surface area contributed by atoms with Gasteiger partial charge in [-0.15, -0.1) is 0 Å². The first-order chi connectivity index (χ1) is 8.42. The largest absolute Gasteiger partial charge is 0.390 e. The van der Waals surface area contributed by atoms with Gasteiger partial charge in [0.25, 0.3) is 0 Å². The molecular formula is C10H19O7P. The highest BCUT2D eigenvalue weighted by Crippen LogP contribution is 2.25. The van der Waals surface area contributed by atoms with E-state index in [1.165, 1.54) is 13.8 Å². The van der Waals surface area contributed by atoms with E-state index in [9.17, 15) is 24.4 Å². The van der Waals surface area contributed by atoms with Crippen LogP contribution in [0.1, 0.15) is 13.8 Å². The quantitative estimate of drug-likeness (QED) is 0.421. The van der Waals surface area contributed by atoms with E-state index in [-0.39, 0.29) is 13.2 Å². The highest BCUT2D eigenvalue weighted by molar-refractivity contribution is 7.33. The smallest absolute Gasteiger partial charge is 0.319 e. The molecule has 0 amide bonds. The monoisotopic (exact) mass is 282 g/mol. The van der Waals surface area contributed by atoms with E-state index in [4.69, 9.17) is 9.05 Å². The number of carbonyl (C=O) groups is 2. The number of aliphatic hydroxyl groups is 2. The molecule has 0 aromatic rings. The third-order valence-corrected chi connectivity index (χ3v) is 3.19. The fourth-order valence-corrected chi connectivity index (χ4v) is 1.53. The second-order valence-corrected chi connectivity index (χ2v) is 5.07. The standard InChI is InChI=1S/C10H19O7P/c1-7(3-11)9(13)5-16-18(15)17-6-10(14)8(2)4-12/h3-4,7-10,13-14,18H,5-6H2,1-2H3. The van der Waals surface area contributed by atoms with E-state index < -0.39 is 32.3 Å². The number of rotatable bonds is 10. The lowest BCUT2D eigenvalue weighted by Gasteiger charge is -2.15. The molecule has 0 radical (unpaired) electrons. The number of aldehydes is 2. The molecule has 0 saturated heterocycles. The summed E-state index contributed by atoms with van der Waals surface area (Å²) >= 11 is 0. The van der Waals surface area contributed by atoms with Crippen LogP contribution in [0.15, 0.2) is 0 Å². The predicted octanol–water partition coefficient (Wildman–Crippen LogP) is -0.199. The Morgan fingerprint density at radius 2 is 1.33 bits per heavy atom. The summed E-state index contributed by atoms with van der Waals surface area (Å²) in [6.07, 6.45) is -0.999. The maximum Gasteiger partial charge on any atom is 0.319 e. The minimum absolute atomic E-state index is 0.295. The van der Waals surface area contributed by atoms with Crippen molar-refractivity contribution in [1.82, 2.24) is 0 Å². The molecular weight excluding hydrogens is 263 g/mol. The Morgan fingerprint density at radius 1 is 1.00 bits per heavy atom. The minimum Gasteiger partial charge on any atom is -0.390 e. The van der Waals surface area contributed by atoms with Crippen molar-refractivity contribution in [3.8, 4) is 0 Å². The molecule has 2 N–H and O–H groups in total. The van der Waals surface area contributed by atoms with Gasteiger partial charge in [0, 0.05) is 11.8 Å².